The number of thiazole rings is 1. The van der Waals surface area contributed by atoms with Gasteiger partial charge in [0.1, 0.15) is 5.01 Å². The van der Waals surface area contributed by atoms with E-state index in [1.165, 1.54) is 17.7 Å². The van der Waals surface area contributed by atoms with Crippen LogP contribution in [-0.2, 0) is 0 Å². The van der Waals surface area contributed by atoms with Crippen molar-refractivity contribution in [3.8, 4) is 21.8 Å². The molecular formula is C17H15N3O2S. The lowest BCUT2D eigenvalue weighted by Gasteiger charge is -2.09. The monoisotopic (exact) mass is 325 g/mol. The highest BCUT2D eigenvalue weighted by Crippen LogP contribution is 2.33. The van der Waals surface area contributed by atoms with Crippen LogP contribution in [0.4, 0.5) is 5.69 Å². The van der Waals surface area contributed by atoms with E-state index in [0.717, 1.165) is 21.8 Å². The predicted molar refractivity (Wildman–Crippen MR) is 91.5 cm³/mol. The van der Waals surface area contributed by atoms with Crippen molar-refractivity contribution in [2.75, 3.05) is 0 Å². The molecule has 116 valence electrons. The summed E-state index contributed by atoms with van der Waals surface area (Å²) in [5, 5.41) is 13.6. The molecule has 0 amide bonds. The first kappa shape index (κ1) is 15.3. The average molecular weight is 325 g/mol. The predicted octanol–water partition coefficient (Wildman–Crippen LogP) is 4.90. The van der Waals surface area contributed by atoms with Gasteiger partial charge in [-0.3, -0.25) is 15.1 Å². The van der Waals surface area contributed by atoms with Gasteiger partial charge in [0.15, 0.2) is 0 Å². The number of hydrogen-bond acceptors (Lipinski definition) is 5. The molecule has 0 aliphatic carbocycles. The molecule has 23 heavy (non-hydrogen) atoms. The summed E-state index contributed by atoms with van der Waals surface area (Å²) >= 11 is 1.55. The van der Waals surface area contributed by atoms with Crippen LogP contribution >= 0.6 is 11.3 Å². The summed E-state index contributed by atoms with van der Waals surface area (Å²) in [4.78, 5) is 19.2. The summed E-state index contributed by atoms with van der Waals surface area (Å²) in [7, 11) is 0. The summed E-state index contributed by atoms with van der Waals surface area (Å²) in [6, 6.07) is 8.47. The van der Waals surface area contributed by atoms with E-state index in [4.69, 9.17) is 0 Å². The molecule has 5 nitrogen and oxygen atoms in total. The third-order valence-electron chi connectivity index (χ3n) is 3.59. The van der Waals surface area contributed by atoms with Crippen LogP contribution in [0.2, 0.25) is 0 Å². The molecule has 2 aromatic heterocycles. The first-order valence-electron chi connectivity index (χ1n) is 7.21. The SMILES string of the molecule is CC(C)c1ccncc1-c1nc(-c2ccc([N+](=O)[O-])cc2)cs1. The highest BCUT2D eigenvalue weighted by atomic mass is 32.1. The molecule has 6 heteroatoms. The number of nitro groups is 1. The molecule has 0 saturated heterocycles. The molecule has 0 unspecified atom stereocenters. The smallest absolute Gasteiger partial charge is 0.264 e. The van der Waals surface area contributed by atoms with Gasteiger partial charge in [0.2, 0.25) is 0 Å². The Morgan fingerprint density at radius 3 is 2.57 bits per heavy atom. The average Bonchev–Trinajstić information content (AvgIpc) is 3.04. The Balaban J connectivity index is 1.96. The van der Waals surface area contributed by atoms with Gasteiger partial charge in [0.25, 0.3) is 5.69 Å². The van der Waals surface area contributed by atoms with Crippen molar-refractivity contribution in [1.82, 2.24) is 9.97 Å². The fourth-order valence-electron chi connectivity index (χ4n) is 2.37. The highest BCUT2D eigenvalue weighted by Gasteiger charge is 2.13. The third-order valence-corrected chi connectivity index (χ3v) is 4.46. The molecule has 0 N–H and O–H groups in total. The first-order chi connectivity index (χ1) is 11.1. The van der Waals surface area contributed by atoms with Gasteiger partial charge in [0.05, 0.1) is 10.6 Å². The molecule has 0 fully saturated rings. The van der Waals surface area contributed by atoms with E-state index in [-0.39, 0.29) is 5.69 Å². The van der Waals surface area contributed by atoms with Crippen LogP contribution in [0.3, 0.4) is 0 Å². The van der Waals surface area contributed by atoms with Crippen molar-refractivity contribution in [2.45, 2.75) is 19.8 Å². The van der Waals surface area contributed by atoms with Crippen LogP contribution in [0.1, 0.15) is 25.3 Å². The van der Waals surface area contributed by atoms with Gasteiger partial charge in [-0.25, -0.2) is 4.98 Å². The van der Waals surface area contributed by atoms with Crippen LogP contribution < -0.4 is 0 Å². The first-order valence-corrected chi connectivity index (χ1v) is 8.09. The maximum absolute atomic E-state index is 10.7. The zero-order chi connectivity index (χ0) is 16.4. The van der Waals surface area contributed by atoms with E-state index < -0.39 is 4.92 Å². The molecule has 1 aromatic carbocycles. The number of nitrogens with zero attached hydrogens (tertiary/aromatic N) is 3. The largest absolute Gasteiger partial charge is 0.269 e. The molecule has 0 spiro atoms. The number of benzene rings is 1. The molecule has 2 heterocycles. The molecule has 3 rings (SSSR count). The Morgan fingerprint density at radius 1 is 1.17 bits per heavy atom. The van der Waals surface area contributed by atoms with Crippen molar-refractivity contribution in [3.05, 3.63) is 63.8 Å². The minimum Gasteiger partial charge on any atom is -0.264 e. The third kappa shape index (κ3) is 3.12. The van der Waals surface area contributed by atoms with Crippen LogP contribution in [0.15, 0.2) is 48.1 Å². The van der Waals surface area contributed by atoms with Crippen LogP contribution in [-0.4, -0.2) is 14.9 Å². The maximum Gasteiger partial charge on any atom is 0.269 e. The summed E-state index contributed by atoms with van der Waals surface area (Å²) < 4.78 is 0. The summed E-state index contributed by atoms with van der Waals surface area (Å²) in [5.41, 5.74) is 4.02. The van der Waals surface area contributed by atoms with Gasteiger partial charge in [-0.15, -0.1) is 11.3 Å². The van der Waals surface area contributed by atoms with Gasteiger partial charge < -0.3 is 0 Å². The molecule has 0 bridgehead atoms. The van der Waals surface area contributed by atoms with Gasteiger partial charge in [-0.05, 0) is 29.7 Å². The standard InChI is InChI=1S/C17H15N3O2S/c1-11(2)14-7-8-18-9-15(14)17-19-16(10-23-17)12-3-5-13(6-4-12)20(21)22/h3-11H,1-2H3. The fraction of sp³-hybridized carbons (Fsp3) is 0.176. The molecule has 3 aromatic rings. The highest BCUT2D eigenvalue weighted by molar-refractivity contribution is 7.13. The Kier molecular flexibility index (Phi) is 4.16. The zero-order valence-electron chi connectivity index (χ0n) is 12.8. The second-order valence-electron chi connectivity index (χ2n) is 5.46. The number of aromatic nitrogens is 2. The Labute approximate surface area is 137 Å². The number of rotatable bonds is 4. The molecule has 0 radical (unpaired) electrons. The lowest BCUT2D eigenvalue weighted by molar-refractivity contribution is -0.384. The number of hydrogen-bond donors (Lipinski definition) is 0. The van der Waals surface area contributed by atoms with Gasteiger partial charge in [-0.2, -0.15) is 0 Å². The van der Waals surface area contributed by atoms with Crippen LogP contribution in [0.25, 0.3) is 21.8 Å². The van der Waals surface area contributed by atoms with Crippen molar-refractivity contribution < 1.29 is 4.92 Å². The van der Waals surface area contributed by atoms with E-state index in [0.29, 0.717) is 5.92 Å². The molecule has 0 saturated carbocycles. The summed E-state index contributed by atoms with van der Waals surface area (Å²) in [6.07, 6.45) is 3.64. The molecule has 0 atom stereocenters. The van der Waals surface area contributed by atoms with Gasteiger partial charge >= 0.3 is 0 Å². The Morgan fingerprint density at radius 2 is 1.91 bits per heavy atom. The number of nitro benzene ring substituents is 1. The maximum atomic E-state index is 10.7. The lowest BCUT2D eigenvalue weighted by atomic mass is 10.00. The molecular weight excluding hydrogens is 310 g/mol. The van der Waals surface area contributed by atoms with E-state index in [1.807, 2.05) is 17.6 Å². The fourth-order valence-corrected chi connectivity index (χ4v) is 3.23. The topological polar surface area (TPSA) is 68.9 Å². The van der Waals surface area contributed by atoms with Crippen molar-refractivity contribution >= 4 is 17.0 Å². The summed E-state index contributed by atoms with van der Waals surface area (Å²) in [5.74, 6) is 0.389. The van der Waals surface area contributed by atoms with E-state index >= 15 is 0 Å². The second kappa shape index (κ2) is 6.26. The van der Waals surface area contributed by atoms with Crippen LogP contribution in [0.5, 0.6) is 0 Å². The minimum atomic E-state index is -0.402. The zero-order valence-corrected chi connectivity index (χ0v) is 13.6. The Bertz CT molecular complexity index is 841. The summed E-state index contributed by atoms with van der Waals surface area (Å²) in [6.45, 7) is 4.29. The molecule has 0 aliphatic rings. The van der Waals surface area contributed by atoms with E-state index in [2.05, 4.69) is 23.8 Å². The van der Waals surface area contributed by atoms with Gasteiger partial charge in [0, 0.05) is 41.0 Å². The molecule has 0 aliphatic heterocycles. The quantitative estimate of drug-likeness (QED) is 0.505. The van der Waals surface area contributed by atoms with E-state index in [9.17, 15) is 10.1 Å². The second-order valence-corrected chi connectivity index (χ2v) is 6.32. The minimum absolute atomic E-state index is 0.0820. The van der Waals surface area contributed by atoms with Crippen LogP contribution in [0, 0.1) is 10.1 Å². The number of non-ortho nitro benzene ring substituents is 1. The number of pyridine rings is 1. The lowest BCUT2D eigenvalue weighted by Crippen LogP contribution is -1.93. The van der Waals surface area contributed by atoms with Crippen molar-refractivity contribution in [3.63, 3.8) is 0 Å². The van der Waals surface area contributed by atoms with Gasteiger partial charge in [-0.1, -0.05) is 13.8 Å². The normalized spacial score (nSPS) is 10.9. The van der Waals surface area contributed by atoms with E-state index in [1.54, 1.807) is 29.7 Å². The Hall–Kier alpha value is -2.60. The van der Waals surface area contributed by atoms with Crippen molar-refractivity contribution in [1.29, 1.82) is 0 Å². The van der Waals surface area contributed by atoms with Crippen molar-refractivity contribution in [2.24, 2.45) is 0 Å².